The molecule has 14 nitrogen and oxygen atoms in total. The monoisotopic (exact) mass is 1930 g/mol. The zero-order valence-electron chi connectivity index (χ0n) is 84.8. The van der Waals surface area contributed by atoms with Crippen LogP contribution in [0.3, 0.4) is 0 Å². The minimum atomic E-state index is 0. The molecule has 2 aliphatic rings. The molecule has 22 heteroatoms. The Morgan fingerprint density at radius 1 is 0.292 bits per heavy atom. The first-order valence-corrected chi connectivity index (χ1v) is 45.5. The van der Waals surface area contributed by atoms with Gasteiger partial charge in [0.2, 0.25) is 6.39 Å². The van der Waals surface area contributed by atoms with E-state index in [9.17, 15) is 0 Å². The van der Waals surface area contributed by atoms with Gasteiger partial charge in [-0.3, -0.25) is 19.7 Å². The first kappa shape index (κ1) is 228. The van der Waals surface area contributed by atoms with Gasteiger partial charge in [0.15, 0.2) is 12.7 Å². The van der Waals surface area contributed by atoms with E-state index >= 15 is 0 Å². The Morgan fingerprint density at radius 3 is 0.792 bits per heavy atom. The molecule has 0 fully saturated rings. The van der Waals surface area contributed by atoms with Crippen molar-refractivity contribution in [2.45, 2.75) is 390 Å². The summed E-state index contributed by atoms with van der Waals surface area (Å²) in [5.41, 5.74) is 3.47. The molecule has 729 valence electrons. The predicted octanol–water partition coefficient (Wildman–Crippen LogP) is 39.0. The zero-order valence-corrected chi connectivity index (χ0v) is 92.5. The van der Waals surface area contributed by atoms with E-state index in [0.717, 1.165) is 12.8 Å². The number of hydrogen-bond donors (Lipinski definition) is 0. The van der Waals surface area contributed by atoms with Crippen LogP contribution in [0.1, 0.15) is 394 Å². The van der Waals surface area contributed by atoms with Gasteiger partial charge in [-0.2, -0.15) is 15.7 Å². The van der Waals surface area contributed by atoms with Crippen molar-refractivity contribution in [2.75, 3.05) is 0 Å². The van der Waals surface area contributed by atoms with Crippen LogP contribution in [-0.2, 0) is 0 Å². The maximum Gasteiger partial charge on any atom is 1.00 e. The number of pyridine rings is 1. The van der Waals surface area contributed by atoms with E-state index in [-0.39, 0.29) is 137 Å². The van der Waals surface area contributed by atoms with Crippen LogP contribution in [0.2, 0.25) is 0 Å². The maximum absolute atomic E-state index is 4.58. The molecule has 1 aromatic carbocycles. The molecule has 0 spiro atoms. The molecule has 3 radical (unpaired) electrons. The topological polar surface area (TPSA) is 181 Å². The fourth-order valence-corrected chi connectivity index (χ4v) is 4.25. The molecule has 0 N–H and O–H groups in total. The number of hydrogen-bond acceptors (Lipinski definition) is 18. The van der Waals surface area contributed by atoms with Gasteiger partial charge in [-0.1, -0.05) is 472 Å². The number of aliphatic imine (C=N–C) groups is 1. The summed E-state index contributed by atoms with van der Waals surface area (Å²) in [7, 11) is 0. The maximum atomic E-state index is 4.58. The van der Waals surface area contributed by atoms with Crippen molar-refractivity contribution in [2.24, 2.45) is 4.99 Å². The summed E-state index contributed by atoms with van der Waals surface area (Å²) in [6, 6.07) is 29.0. The average Bonchev–Trinajstić information content (AvgIpc) is 2.03. The van der Waals surface area contributed by atoms with Gasteiger partial charge in [-0.15, -0.1) is 35.3 Å². The number of oxazole rings is 1. The molecule has 0 saturated carbocycles. The van der Waals surface area contributed by atoms with E-state index < -0.39 is 0 Å². The number of furan rings is 1. The molecule has 0 bridgehead atoms. The Labute approximate surface area is 840 Å². The third-order valence-corrected chi connectivity index (χ3v) is 7.34. The van der Waals surface area contributed by atoms with Crippen LogP contribution in [0.4, 0.5) is 4.70 Å². The second kappa shape index (κ2) is 448. The molecule has 9 aromatic heterocycles. The van der Waals surface area contributed by atoms with Crippen molar-refractivity contribution in [3.05, 3.63) is 248 Å². The van der Waals surface area contributed by atoms with E-state index in [4.69, 9.17) is 0 Å². The van der Waals surface area contributed by atoms with Crippen molar-refractivity contribution >= 4 is 84.3 Å². The normalized spacial score (nSPS) is 6.13. The van der Waals surface area contributed by atoms with Gasteiger partial charge >= 0.3 is 51.4 Å². The Bertz CT molecular complexity index is 1630. The summed E-state index contributed by atoms with van der Waals surface area (Å²) in [6.45, 7) is 96.0. The van der Waals surface area contributed by atoms with Crippen LogP contribution >= 0.6 is 69.7 Å². The molecule has 120 heavy (non-hydrogen) atoms. The summed E-state index contributed by atoms with van der Waals surface area (Å²) < 4.78 is 25.0. The van der Waals surface area contributed by atoms with Crippen molar-refractivity contribution in [1.29, 1.82) is 0 Å². The molecule has 0 unspecified atom stereocenters. The molecule has 0 saturated heterocycles. The van der Waals surface area contributed by atoms with Crippen LogP contribution in [0.15, 0.2) is 271 Å². The fraction of sp³-hybridized carbons (Fsp3) is 0.571. The van der Waals surface area contributed by atoms with E-state index in [1.54, 1.807) is 95.7 Å². The fourth-order valence-electron chi connectivity index (χ4n) is 2.82. The van der Waals surface area contributed by atoms with Crippen molar-refractivity contribution < 1.29 is 78.2 Å². The number of allylic oxidation sites excluding steroid dienone is 5. The largest absolute Gasteiger partial charge is 1.00 e. The molecular formula is C98H221BFIKN10O4S4. The van der Waals surface area contributed by atoms with Crippen molar-refractivity contribution in [3.8, 4) is 0 Å². The summed E-state index contributed by atoms with van der Waals surface area (Å²) in [5.74, 6) is 0. The Kier molecular flexibility index (Phi) is 851. The average molecular weight is 1930 g/mol. The molecular weight excluding hydrogens is 1710 g/mol. The first-order valence-electron chi connectivity index (χ1n) is 42.0. The smallest absolute Gasteiger partial charge is 1.00 e. The summed E-state index contributed by atoms with van der Waals surface area (Å²) in [4.78, 5) is 21.9. The minimum absolute atomic E-state index is 0. The number of aromatic nitrogens is 9. The van der Waals surface area contributed by atoms with Crippen LogP contribution in [-0.4, -0.2) is 58.6 Å². The first-order chi connectivity index (χ1) is 55.0. The summed E-state index contributed by atoms with van der Waals surface area (Å²) in [6.07, 6.45) is 38.2. The number of thiophene rings is 1. The van der Waals surface area contributed by atoms with Gasteiger partial charge in [-0.25, -0.2) is 19.3 Å². The predicted molar refractivity (Wildman–Crippen MR) is 592 cm³/mol. The number of thiazole rings is 1. The van der Waals surface area contributed by atoms with Gasteiger partial charge in [0.05, 0.1) is 30.4 Å². The molecule has 10 heterocycles. The van der Waals surface area contributed by atoms with Crippen LogP contribution in [0.25, 0.3) is 0 Å². The molecule has 10 aromatic rings. The van der Waals surface area contributed by atoms with Gasteiger partial charge in [0.25, 0.3) is 0 Å². The Morgan fingerprint density at radius 2 is 0.692 bits per heavy atom. The third kappa shape index (κ3) is 436. The Hall–Kier alpha value is -5.02. The van der Waals surface area contributed by atoms with Crippen molar-refractivity contribution in [3.63, 3.8) is 0 Å². The van der Waals surface area contributed by atoms with Gasteiger partial charge in [-0.05, 0) is 76.6 Å². The zero-order chi connectivity index (χ0) is 91.8. The molecule has 1 aliphatic heterocycles. The number of halogens is 2. The van der Waals surface area contributed by atoms with Gasteiger partial charge in [0, 0.05) is 65.6 Å². The van der Waals surface area contributed by atoms with E-state index in [0.29, 0.717) is 0 Å². The standard InChI is InChI=1S/C6H6.C5H5N.C5H6.C4H5N.C4H4O.C4H4S.2C3H3NO.2C3H3NS.C2H2N2O.C2H2N2S.24C2H6.6CH4.B.FH.HI.K.2H2.H/c2*1-2-4-6-5-3-1;4*1-2-4-5-3-1;1-2-5-3-4-1;1-2-4-5-3-1;1-2-5-3-4-1;1-2-4-5-3-1;2*1-3-2-5-4-1;24*1-2;;;;;;;;;;;;;/h1-6H;1-5H;1-4H,5H2;1,3-4H,2H2;2*1-4H;4*1-3H;2*1-2H;24*1-2H3;6*1H4;;2*1H;;2*1H;/q;;;;;;;;;;;;;;;;;;;;;;;;;;;;;;;;;;;;;;;;;;;;;+1;;;-1/i;;;;;;;;;;;;;;;;;;;;;;;;;;;;;;;;;;;;;;;;;;;;;;1+1;;. The third-order valence-electron chi connectivity index (χ3n) is 5.23. The SMILES string of the molecule is C.C.C.C.C.C.C1=CCC=C1.C1=CN=CC1.CC.CC.CC.CC.CC.CC.CC.CC.CC.CC.CC.CC.CC.CC.CC.CC.CC.CC.CC.CC.CC.CC.CC.CC.F.I.[2HH].[B].[H-].[HH].[K+].c1ccccc1.c1ccncc1.c1ccoc1.c1ccsc1.c1cnoc1.c1cnsc1.c1cocn1.c1cscn1.c1ncon1.c1ncsn1. The molecule has 1 aliphatic carbocycles. The van der Waals surface area contributed by atoms with E-state index in [2.05, 4.69) is 91.2 Å². The summed E-state index contributed by atoms with van der Waals surface area (Å²) >= 11 is 6.13. The molecule has 12 rings (SSSR count). The number of benzene rings is 1. The Balaban J connectivity index is -0.0000000178. The minimum Gasteiger partial charge on any atom is -1.00 e. The van der Waals surface area contributed by atoms with E-state index in [1.165, 1.54) is 61.0 Å². The second-order valence-corrected chi connectivity index (χ2v) is 12.6. The van der Waals surface area contributed by atoms with Gasteiger partial charge in [0.1, 0.15) is 24.4 Å². The van der Waals surface area contributed by atoms with Crippen LogP contribution in [0.5, 0.6) is 0 Å². The van der Waals surface area contributed by atoms with Crippen LogP contribution in [0, 0.1) is 0 Å². The quantitative estimate of drug-likeness (QED) is 0.103. The molecule has 0 atom stereocenters. The van der Waals surface area contributed by atoms with Crippen LogP contribution < -0.4 is 51.4 Å². The molecule has 0 amide bonds. The van der Waals surface area contributed by atoms with Crippen molar-refractivity contribution in [1.82, 2.24) is 44.0 Å². The van der Waals surface area contributed by atoms with Gasteiger partial charge < -0.3 is 19.3 Å². The van der Waals surface area contributed by atoms with E-state index in [1.807, 2.05) is 451 Å². The summed E-state index contributed by atoms with van der Waals surface area (Å²) in [5, 5.41) is 14.5. The number of rotatable bonds is 0. The number of nitrogens with zero attached hydrogens (tertiary/aromatic N) is 10. The second-order valence-electron chi connectivity index (χ2n) is 9.70.